The molecule has 0 radical (unpaired) electrons. The smallest absolute Gasteiger partial charge is 0.137 e. The molecule has 2 rings (SSSR count). The first-order valence-corrected chi connectivity index (χ1v) is 7.13. The normalized spacial score (nSPS) is 17.1. The zero-order valence-corrected chi connectivity index (χ0v) is 12.0. The van der Waals surface area contributed by atoms with E-state index < -0.39 is 0 Å². The average Bonchev–Trinajstić information content (AvgIpc) is 2.81. The number of para-hydroxylation sites is 1. The van der Waals surface area contributed by atoms with E-state index in [1.165, 1.54) is 31.5 Å². The third-order valence-corrected chi connectivity index (χ3v) is 3.72. The topological polar surface area (TPSA) is 13.7 Å². The Morgan fingerprint density at radius 2 is 1.78 bits per heavy atom. The molecule has 0 aliphatic carbocycles. The van der Waals surface area contributed by atoms with E-state index in [0.29, 0.717) is 0 Å². The molecule has 0 amide bonds. The fourth-order valence-corrected chi connectivity index (χ4v) is 2.64. The third kappa shape index (κ3) is 3.49. The highest BCUT2D eigenvalue weighted by Crippen LogP contribution is 2.30. The van der Waals surface area contributed by atoms with Crippen LogP contribution in [0.1, 0.15) is 39.2 Å². The lowest BCUT2D eigenvalue weighted by atomic mass is 9.86. The first-order chi connectivity index (χ1) is 8.57. The van der Waals surface area contributed by atoms with Gasteiger partial charge in [-0.2, -0.15) is 0 Å². The number of likely N-dealkylation sites (tertiary alicyclic amines) is 1. The average molecular weight is 248 g/mol. The summed E-state index contributed by atoms with van der Waals surface area (Å²) in [4.78, 5) is 1.70. The third-order valence-electron chi connectivity index (χ3n) is 3.72. The van der Waals surface area contributed by atoms with Crippen LogP contribution in [0.25, 0.3) is 0 Å². The van der Waals surface area contributed by atoms with E-state index in [0.717, 1.165) is 18.9 Å². The highest BCUT2D eigenvalue weighted by atomic mass is 16.5. The molecule has 0 saturated carbocycles. The van der Waals surface area contributed by atoms with E-state index in [1.54, 1.807) is 4.90 Å². The van der Waals surface area contributed by atoms with Gasteiger partial charge in [-0.25, -0.2) is 0 Å². The first kappa shape index (κ1) is 13.4. The first-order valence-electron chi connectivity index (χ1n) is 7.13. The summed E-state index contributed by atoms with van der Waals surface area (Å²) in [5.41, 5.74) is 1.46. The second kappa shape index (κ2) is 5.75. The van der Waals surface area contributed by atoms with E-state index in [-0.39, 0.29) is 5.41 Å². The van der Waals surface area contributed by atoms with Crippen molar-refractivity contribution >= 4 is 0 Å². The van der Waals surface area contributed by atoms with Crippen molar-refractivity contribution < 1.29 is 9.64 Å². The van der Waals surface area contributed by atoms with Crippen molar-refractivity contribution in [2.24, 2.45) is 0 Å². The van der Waals surface area contributed by atoms with Gasteiger partial charge in [-0.05, 0) is 17.0 Å². The van der Waals surface area contributed by atoms with Gasteiger partial charge in [0.25, 0.3) is 0 Å². The van der Waals surface area contributed by atoms with Crippen LogP contribution in [0.5, 0.6) is 5.75 Å². The highest BCUT2D eigenvalue weighted by molar-refractivity contribution is 5.38. The summed E-state index contributed by atoms with van der Waals surface area (Å²) >= 11 is 0. The molecule has 2 heteroatoms. The Balaban J connectivity index is 1.92. The number of rotatable bonds is 4. The van der Waals surface area contributed by atoms with Crippen LogP contribution < -0.4 is 9.64 Å². The van der Waals surface area contributed by atoms with Crippen LogP contribution in [-0.2, 0) is 5.41 Å². The molecule has 2 nitrogen and oxygen atoms in total. The van der Waals surface area contributed by atoms with E-state index in [1.807, 2.05) is 0 Å². The number of hydrogen-bond acceptors (Lipinski definition) is 1. The Morgan fingerprint density at radius 1 is 1.11 bits per heavy atom. The molecule has 18 heavy (non-hydrogen) atoms. The van der Waals surface area contributed by atoms with E-state index in [9.17, 15) is 0 Å². The summed E-state index contributed by atoms with van der Waals surface area (Å²) in [5, 5.41) is 0. The molecule has 1 aliphatic rings. The minimum atomic E-state index is 0.150. The second-order valence-electron chi connectivity index (χ2n) is 6.30. The maximum atomic E-state index is 6.00. The maximum absolute atomic E-state index is 6.00. The van der Waals surface area contributed by atoms with Crippen molar-refractivity contribution in [3.05, 3.63) is 29.8 Å². The molecule has 1 aromatic carbocycles. The van der Waals surface area contributed by atoms with Crippen molar-refractivity contribution in [2.75, 3.05) is 26.2 Å². The fourth-order valence-electron chi connectivity index (χ4n) is 2.64. The summed E-state index contributed by atoms with van der Waals surface area (Å²) in [5.74, 6) is 1.06. The minimum Gasteiger partial charge on any atom is -0.487 e. The van der Waals surface area contributed by atoms with Crippen LogP contribution in [0.3, 0.4) is 0 Å². The molecule has 100 valence electrons. The lowest BCUT2D eigenvalue weighted by Crippen LogP contribution is -3.10. The number of benzene rings is 1. The van der Waals surface area contributed by atoms with Crippen molar-refractivity contribution in [3.63, 3.8) is 0 Å². The number of nitrogens with one attached hydrogen (secondary N) is 1. The molecule has 1 aromatic rings. The molecule has 1 heterocycles. The largest absolute Gasteiger partial charge is 0.487 e. The van der Waals surface area contributed by atoms with Crippen molar-refractivity contribution in [2.45, 2.75) is 39.0 Å². The van der Waals surface area contributed by atoms with Crippen LogP contribution in [0.2, 0.25) is 0 Å². The minimum absolute atomic E-state index is 0.150. The van der Waals surface area contributed by atoms with E-state index in [2.05, 4.69) is 45.0 Å². The van der Waals surface area contributed by atoms with Crippen molar-refractivity contribution in [1.29, 1.82) is 0 Å². The number of ether oxygens (including phenoxy) is 1. The quantitative estimate of drug-likeness (QED) is 0.861. The molecular weight excluding hydrogens is 222 g/mol. The Morgan fingerprint density at radius 3 is 2.44 bits per heavy atom. The van der Waals surface area contributed by atoms with E-state index in [4.69, 9.17) is 4.74 Å². The van der Waals surface area contributed by atoms with Gasteiger partial charge in [0, 0.05) is 12.8 Å². The SMILES string of the molecule is CC(C)(C)c1ccccc1OCC[NH+]1CCCC1. The summed E-state index contributed by atoms with van der Waals surface area (Å²) in [6.45, 7) is 11.3. The van der Waals surface area contributed by atoms with Gasteiger partial charge in [0.15, 0.2) is 0 Å². The van der Waals surface area contributed by atoms with Gasteiger partial charge >= 0.3 is 0 Å². The summed E-state index contributed by atoms with van der Waals surface area (Å²) in [6, 6.07) is 8.43. The molecule has 1 fully saturated rings. The summed E-state index contributed by atoms with van der Waals surface area (Å²) in [6.07, 6.45) is 2.77. The van der Waals surface area contributed by atoms with Crippen LogP contribution in [0, 0.1) is 0 Å². The molecule has 0 atom stereocenters. The van der Waals surface area contributed by atoms with Gasteiger partial charge in [0.2, 0.25) is 0 Å². The molecular formula is C16H26NO+. The molecule has 0 spiro atoms. The zero-order valence-electron chi connectivity index (χ0n) is 12.0. The van der Waals surface area contributed by atoms with Gasteiger partial charge < -0.3 is 9.64 Å². The fraction of sp³-hybridized carbons (Fsp3) is 0.625. The second-order valence-corrected chi connectivity index (χ2v) is 6.30. The van der Waals surface area contributed by atoms with Crippen LogP contribution in [0.4, 0.5) is 0 Å². The van der Waals surface area contributed by atoms with Crippen molar-refractivity contribution in [3.8, 4) is 5.75 Å². The highest BCUT2D eigenvalue weighted by Gasteiger charge is 2.19. The van der Waals surface area contributed by atoms with Gasteiger partial charge in [-0.1, -0.05) is 39.0 Å². The monoisotopic (exact) mass is 248 g/mol. The molecule has 1 N–H and O–H groups in total. The maximum Gasteiger partial charge on any atom is 0.137 e. The van der Waals surface area contributed by atoms with Crippen LogP contribution in [-0.4, -0.2) is 26.2 Å². The predicted molar refractivity (Wildman–Crippen MR) is 75.4 cm³/mol. The molecule has 0 aromatic heterocycles. The van der Waals surface area contributed by atoms with Gasteiger partial charge in [-0.3, -0.25) is 0 Å². The van der Waals surface area contributed by atoms with Crippen LogP contribution in [0.15, 0.2) is 24.3 Å². The predicted octanol–water partition coefficient (Wildman–Crippen LogP) is 2.04. The number of hydrogen-bond donors (Lipinski definition) is 1. The Labute approximate surface area is 111 Å². The lowest BCUT2D eigenvalue weighted by Gasteiger charge is -2.23. The van der Waals surface area contributed by atoms with Crippen LogP contribution >= 0.6 is 0 Å². The van der Waals surface area contributed by atoms with Crippen molar-refractivity contribution in [1.82, 2.24) is 0 Å². The Hall–Kier alpha value is -1.02. The Kier molecular flexibility index (Phi) is 4.28. The standard InChI is InChI=1S/C16H25NO/c1-16(2,3)14-8-4-5-9-15(14)18-13-12-17-10-6-7-11-17/h4-5,8-9H,6-7,10-13H2,1-3H3/p+1. The van der Waals surface area contributed by atoms with E-state index >= 15 is 0 Å². The zero-order chi connectivity index (χ0) is 13.0. The molecule has 0 unspecified atom stereocenters. The summed E-state index contributed by atoms with van der Waals surface area (Å²) < 4.78 is 6.00. The molecule has 1 aliphatic heterocycles. The Bertz CT molecular complexity index is 375. The van der Waals surface area contributed by atoms with Gasteiger partial charge in [0.05, 0.1) is 13.1 Å². The molecule has 1 saturated heterocycles. The lowest BCUT2D eigenvalue weighted by molar-refractivity contribution is -0.887. The van der Waals surface area contributed by atoms with Gasteiger partial charge in [-0.15, -0.1) is 0 Å². The molecule has 0 bridgehead atoms. The van der Waals surface area contributed by atoms with Gasteiger partial charge in [0.1, 0.15) is 18.9 Å². The number of quaternary nitrogens is 1. The summed E-state index contributed by atoms with van der Waals surface area (Å²) in [7, 11) is 0.